The summed E-state index contributed by atoms with van der Waals surface area (Å²) in [5.74, 6) is -8.67. The van der Waals surface area contributed by atoms with Gasteiger partial charge in [0.05, 0.1) is 43.9 Å². The summed E-state index contributed by atoms with van der Waals surface area (Å²) in [5.41, 5.74) is -14.4. The van der Waals surface area contributed by atoms with E-state index in [1.807, 2.05) is 0 Å². The van der Waals surface area contributed by atoms with Crippen molar-refractivity contribution in [2.45, 2.75) is 238 Å². The van der Waals surface area contributed by atoms with Gasteiger partial charge in [0.15, 0.2) is 5.79 Å². The first-order chi connectivity index (χ1) is 31.8. The normalized spacial score (nSPS) is 29.2. The minimum atomic E-state index is -3.36. The Bertz CT molecular complexity index is 1320. The molecule has 0 heterocycles. The lowest BCUT2D eigenvalue weighted by atomic mass is 9.25. The minimum Gasteiger partial charge on any atom is -0.465 e. The highest BCUT2D eigenvalue weighted by molar-refractivity contribution is 6.36. The summed E-state index contributed by atoms with van der Waals surface area (Å²) in [5, 5.41) is 101. The van der Waals surface area contributed by atoms with Gasteiger partial charge in [-0.1, -0.05) is 117 Å². The summed E-state index contributed by atoms with van der Waals surface area (Å²) in [6.45, 7) is 7.42. The van der Waals surface area contributed by atoms with E-state index >= 15 is 0 Å². The Morgan fingerprint density at radius 1 is 0.441 bits per heavy atom. The molecule has 0 aliphatic heterocycles. The van der Waals surface area contributed by atoms with Crippen LogP contribution < -0.4 is 0 Å². The molecule has 0 amide bonds. The quantitative estimate of drug-likeness (QED) is 0.0183. The van der Waals surface area contributed by atoms with Crippen LogP contribution in [-0.2, 0) is 19.1 Å². The van der Waals surface area contributed by atoms with Crippen molar-refractivity contribution in [3.63, 3.8) is 0 Å². The fraction of sp³-hybridized carbons (Fsp3) is 0.958. The fourth-order valence-electron chi connectivity index (χ4n) is 9.82. The number of ether oxygens (including phenoxy) is 2. The van der Waals surface area contributed by atoms with Crippen molar-refractivity contribution in [2.75, 3.05) is 39.5 Å². The van der Waals surface area contributed by atoms with Gasteiger partial charge in [0.1, 0.15) is 48.0 Å². The van der Waals surface area contributed by atoms with Crippen LogP contribution >= 0.6 is 0 Å². The highest BCUT2D eigenvalue weighted by atomic mass is 16.6. The maximum atomic E-state index is 13.3. The SMILES string of the molecule is [B]C1(O)C([B])(O)C([B])(CCC(CCCCCCCC)C(=O)OCCCCCCN(CCCCO)CCCCCCOC(=O)C(CCCCCCCC)CCC2(O)C([B])(O)C(O)(O)C2([B])O)C1(O)O. The molecule has 7 unspecified atom stereocenters. The van der Waals surface area contributed by atoms with Gasteiger partial charge in [0, 0.05) is 11.9 Å². The molecule has 2 aliphatic rings. The van der Waals surface area contributed by atoms with E-state index in [0.29, 0.717) is 32.1 Å². The Labute approximate surface area is 414 Å². The van der Waals surface area contributed by atoms with Gasteiger partial charge in [-0.2, -0.15) is 0 Å². The smallest absolute Gasteiger partial charge is 0.308 e. The zero-order valence-corrected chi connectivity index (χ0v) is 41.6. The standard InChI is InChI=1S/C48H86B5NO14/c1-3-5-7-9-11-17-25-37(27-29-41(49)43(50,59)46(53,62)47(41,63)64)39(56)67-35-23-15-13-19-31-54(33-21-22-34-55)32-20-14-16-24-36-68-40(57)38(26-18-12-10-8-6-4-2)28-30-42(58)44(51,60)48(65,66)45(42,52)61/h37-38,55,58-66H,3-36H2,1-2H3. The number of aliphatic hydroxyl groups excluding tert-OH is 1. The summed E-state index contributed by atoms with van der Waals surface area (Å²) >= 11 is 0. The summed E-state index contributed by atoms with van der Waals surface area (Å²) in [6, 6.07) is 0. The number of esters is 2. The first-order valence-corrected chi connectivity index (χ1v) is 25.9. The third kappa shape index (κ3) is 15.2. The van der Waals surface area contributed by atoms with Gasteiger partial charge in [-0.05, 0) is 96.7 Å². The Morgan fingerprint density at radius 2 is 0.809 bits per heavy atom. The molecule has 68 heavy (non-hydrogen) atoms. The van der Waals surface area contributed by atoms with Gasteiger partial charge >= 0.3 is 11.9 Å². The zero-order valence-electron chi connectivity index (χ0n) is 41.6. The predicted octanol–water partition coefficient (Wildman–Crippen LogP) is 2.44. The average Bonchev–Trinajstić information content (AvgIpc) is 3.28. The second kappa shape index (κ2) is 28.9. The molecule has 2 saturated carbocycles. The van der Waals surface area contributed by atoms with Crippen LogP contribution in [0.5, 0.6) is 0 Å². The maximum absolute atomic E-state index is 13.3. The van der Waals surface area contributed by atoms with Crippen molar-refractivity contribution >= 4 is 51.2 Å². The number of unbranched alkanes of at least 4 members (excludes halogenated alkanes) is 17. The Morgan fingerprint density at radius 3 is 1.22 bits per heavy atom. The number of carbonyl (C=O) groups is 2. The lowest BCUT2D eigenvalue weighted by molar-refractivity contribution is -0.450. The van der Waals surface area contributed by atoms with Gasteiger partial charge in [-0.3, -0.25) is 9.59 Å². The van der Waals surface area contributed by atoms with E-state index in [1.165, 1.54) is 0 Å². The monoisotopic (exact) mass is 956 g/mol. The molecular formula is C48H86B5NO14. The molecular weight excluding hydrogens is 869 g/mol. The summed E-state index contributed by atoms with van der Waals surface area (Å²) in [6.07, 6.45) is 20.4. The van der Waals surface area contributed by atoms with E-state index < -0.39 is 74.7 Å². The Balaban J connectivity index is 1.78. The van der Waals surface area contributed by atoms with Crippen molar-refractivity contribution in [3.8, 4) is 0 Å². The second-order valence-corrected chi connectivity index (χ2v) is 20.3. The second-order valence-electron chi connectivity index (χ2n) is 20.3. The molecule has 10 radical (unpaired) electrons. The largest absolute Gasteiger partial charge is 0.465 e. The molecule has 0 aromatic heterocycles. The van der Waals surface area contributed by atoms with Crippen LogP contribution in [0.1, 0.15) is 194 Å². The van der Waals surface area contributed by atoms with Crippen molar-refractivity contribution in [3.05, 3.63) is 0 Å². The van der Waals surface area contributed by atoms with Crippen LogP contribution in [0.4, 0.5) is 0 Å². The lowest BCUT2D eigenvalue weighted by Gasteiger charge is -2.72. The zero-order chi connectivity index (χ0) is 51.3. The van der Waals surface area contributed by atoms with Gasteiger partial charge in [-0.15, -0.1) is 0 Å². The first kappa shape index (κ1) is 62.9. The molecule has 20 heteroatoms. The van der Waals surface area contributed by atoms with Crippen LogP contribution in [0.2, 0.25) is 5.31 Å². The molecule has 10 N–H and O–H groups in total. The molecule has 7 atom stereocenters. The van der Waals surface area contributed by atoms with Gasteiger partial charge in [0.25, 0.3) is 0 Å². The molecule has 2 rings (SSSR count). The topological polar surface area (TPSA) is 258 Å². The van der Waals surface area contributed by atoms with Crippen LogP contribution in [0.25, 0.3) is 0 Å². The molecule has 15 nitrogen and oxygen atoms in total. The van der Waals surface area contributed by atoms with Crippen LogP contribution in [-0.4, -0.2) is 186 Å². The van der Waals surface area contributed by atoms with Crippen LogP contribution in [0.15, 0.2) is 0 Å². The van der Waals surface area contributed by atoms with Crippen molar-refractivity contribution in [1.29, 1.82) is 0 Å². The maximum Gasteiger partial charge on any atom is 0.308 e. The Kier molecular flexibility index (Phi) is 26.8. The molecule has 0 bridgehead atoms. The van der Waals surface area contributed by atoms with Crippen molar-refractivity contribution in [2.24, 2.45) is 11.8 Å². The van der Waals surface area contributed by atoms with E-state index in [1.54, 1.807) is 0 Å². The fourth-order valence-corrected chi connectivity index (χ4v) is 9.82. The van der Waals surface area contributed by atoms with Gasteiger partial charge in [-0.25, -0.2) is 0 Å². The lowest BCUT2D eigenvalue weighted by Crippen LogP contribution is -2.96. The van der Waals surface area contributed by atoms with Crippen LogP contribution in [0.3, 0.4) is 0 Å². The van der Waals surface area contributed by atoms with Crippen molar-refractivity contribution < 1.29 is 70.1 Å². The highest BCUT2D eigenvalue weighted by Gasteiger charge is 2.83. The number of rotatable bonds is 40. The van der Waals surface area contributed by atoms with E-state index in [2.05, 4.69) is 18.7 Å². The third-order valence-electron chi connectivity index (χ3n) is 15.1. The number of nitrogens with zero attached hydrogens (tertiary/aromatic N) is 1. The number of hydrogen-bond donors (Lipinski definition) is 10. The molecule has 2 fully saturated rings. The summed E-state index contributed by atoms with van der Waals surface area (Å²) in [7, 11) is 28.5. The third-order valence-corrected chi connectivity index (χ3v) is 15.1. The predicted molar refractivity (Wildman–Crippen MR) is 264 cm³/mol. The molecule has 2 aliphatic carbocycles. The highest BCUT2D eigenvalue weighted by Crippen LogP contribution is 2.65. The van der Waals surface area contributed by atoms with Crippen molar-refractivity contribution in [1.82, 2.24) is 4.90 Å². The summed E-state index contributed by atoms with van der Waals surface area (Å²) < 4.78 is 11.3. The molecule has 382 valence electrons. The Hall–Kier alpha value is -1.18. The molecule has 0 aromatic rings. The van der Waals surface area contributed by atoms with E-state index in [0.717, 1.165) is 142 Å². The van der Waals surface area contributed by atoms with Gasteiger partial charge in [0.2, 0.25) is 5.79 Å². The first-order valence-electron chi connectivity index (χ1n) is 25.9. The van der Waals surface area contributed by atoms with E-state index in [4.69, 9.17) is 48.7 Å². The average molecular weight is 955 g/mol. The number of aliphatic hydroxyl groups is 10. The van der Waals surface area contributed by atoms with Gasteiger partial charge < -0.3 is 65.4 Å². The van der Waals surface area contributed by atoms with Crippen LogP contribution in [0, 0.1) is 11.8 Å². The van der Waals surface area contributed by atoms with E-state index in [-0.39, 0.29) is 39.1 Å². The number of hydrogen-bond acceptors (Lipinski definition) is 15. The molecule has 0 spiro atoms. The van der Waals surface area contributed by atoms with E-state index in [9.17, 15) is 60.7 Å². The molecule has 0 saturated heterocycles. The molecule has 0 aromatic carbocycles. The minimum absolute atomic E-state index is 0.0436. The number of carbonyl (C=O) groups excluding carboxylic acids is 2. The summed E-state index contributed by atoms with van der Waals surface area (Å²) in [4.78, 5) is 28.9.